The smallest absolute Gasteiger partial charge is 0.467 e. The third-order valence-corrected chi connectivity index (χ3v) is 2.38. The zero-order chi connectivity index (χ0) is 12.8. The Morgan fingerprint density at radius 3 is 2.76 bits per heavy atom. The van der Waals surface area contributed by atoms with E-state index in [1.54, 1.807) is 0 Å². The van der Waals surface area contributed by atoms with Crippen molar-refractivity contribution in [3.05, 3.63) is 22.5 Å². The van der Waals surface area contributed by atoms with Crippen molar-refractivity contribution in [3.8, 4) is 11.5 Å². The van der Waals surface area contributed by atoms with E-state index in [1.165, 1.54) is 0 Å². The topological polar surface area (TPSA) is 99.1 Å². The number of ether oxygens (including phenoxy) is 1. The lowest BCUT2D eigenvalue weighted by Gasteiger charge is -2.37. The van der Waals surface area contributed by atoms with Crippen LogP contribution >= 0.6 is 11.6 Å². The van der Waals surface area contributed by atoms with Crippen LogP contribution in [0.4, 0.5) is 4.39 Å². The predicted molar refractivity (Wildman–Crippen MR) is 52.1 cm³/mol. The number of hydrogen-bond donors (Lipinski definition) is 2. The van der Waals surface area contributed by atoms with Gasteiger partial charge in [0.2, 0.25) is 0 Å². The molecule has 2 rings (SSSR count). The van der Waals surface area contributed by atoms with Crippen LogP contribution in [0.3, 0.4) is 0 Å². The molecular weight excluding hydrogens is 257 g/mol. The SMILES string of the molecule is O=C([O-])c1c(F)cc(Cl)c2c1O[B-](O)(O)CO2. The maximum absolute atomic E-state index is 13.3. The largest absolute Gasteiger partial charge is 0.665 e. The summed E-state index contributed by atoms with van der Waals surface area (Å²) in [6.07, 6.45) is 0. The lowest BCUT2D eigenvalue weighted by molar-refractivity contribution is -0.255. The summed E-state index contributed by atoms with van der Waals surface area (Å²) >= 11 is 5.60. The van der Waals surface area contributed by atoms with Crippen LogP contribution in [0.25, 0.3) is 0 Å². The van der Waals surface area contributed by atoms with Crippen LogP contribution in [0.5, 0.6) is 11.5 Å². The number of halogens is 2. The van der Waals surface area contributed by atoms with Crippen LogP contribution in [0.15, 0.2) is 6.07 Å². The van der Waals surface area contributed by atoms with Gasteiger partial charge in [0.15, 0.2) is 5.75 Å². The van der Waals surface area contributed by atoms with Crippen molar-refractivity contribution in [2.75, 3.05) is 6.51 Å². The average Bonchev–Trinajstić information content (AvgIpc) is 2.14. The van der Waals surface area contributed by atoms with Gasteiger partial charge < -0.3 is 29.3 Å². The molecule has 92 valence electrons. The molecule has 1 aromatic carbocycles. The Hall–Kier alpha value is -1.51. The average molecular weight is 262 g/mol. The number of carboxylic acids is 1. The second kappa shape index (κ2) is 3.76. The van der Waals surface area contributed by atoms with Crippen LogP contribution in [-0.4, -0.2) is 29.3 Å². The summed E-state index contributed by atoms with van der Waals surface area (Å²) in [5.74, 6) is -4.06. The minimum atomic E-state index is -3.41. The van der Waals surface area contributed by atoms with E-state index in [9.17, 15) is 24.3 Å². The zero-order valence-electron chi connectivity index (χ0n) is 8.15. The van der Waals surface area contributed by atoms with Crippen molar-refractivity contribution >= 4 is 24.3 Å². The molecule has 1 aliphatic rings. The van der Waals surface area contributed by atoms with Gasteiger partial charge in [0.25, 0.3) is 0 Å². The fourth-order valence-electron chi connectivity index (χ4n) is 1.43. The quantitative estimate of drug-likeness (QED) is 0.635. The van der Waals surface area contributed by atoms with Crippen LogP contribution in [0, 0.1) is 5.82 Å². The number of benzene rings is 1. The van der Waals surface area contributed by atoms with Gasteiger partial charge in [-0.3, -0.25) is 0 Å². The first-order valence-electron chi connectivity index (χ1n) is 4.47. The number of hydrogen-bond acceptors (Lipinski definition) is 6. The van der Waals surface area contributed by atoms with E-state index in [1.807, 2.05) is 0 Å². The van der Waals surface area contributed by atoms with Crippen molar-refractivity contribution in [2.24, 2.45) is 0 Å². The summed E-state index contributed by atoms with van der Waals surface area (Å²) in [6.45, 7) is -4.04. The summed E-state index contributed by atoms with van der Waals surface area (Å²) in [5.41, 5.74) is -0.974. The molecular formula is C8H5BClFO6-2. The summed E-state index contributed by atoms with van der Waals surface area (Å²) in [6, 6.07) is 0.712. The summed E-state index contributed by atoms with van der Waals surface area (Å²) in [7, 11) is 0. The Labute approximate surface area is 99.2 Å². The van der Waals surface area contributed by atoms with E-state index in [-0.39, 0.29) is 10.8 Å². The molecule has 0 spiro atoms. The van der Waals surface area contributed by atoms with Crippen LogP contribution in [0.2, 0.25) is 5.02 Å². The number of aromatic carboxylic acids is 1. The van der Waals surface area contributed by atoms with Gasteiger partial charge in [-0.15, -0.1) is 0 Å². The molecule has 0 fully saturated rings. The molecule has 0 atom stereocenters. The summed E-state index contributed by atoms with van der Waals surface area (Å²) in [5, 5.41) is 28.9. The molecule has 0 amide bonds. The number of fused-ring (bicyclic) bond motifs is 1. The molecule has 1 heterocycles. The summed E-state index contributed by atoms with van der Waals surface area (Å²) < 4.78 is 22.7. The van der Waals surface area contributed by atoms with Crippen molar-refractivity contribution < 1.29 is 33.7 Å². The zero-order valence-corrected chi connectivity index (χ0v) is 8.90. The molecule has 0 saturated heterocycles. The molecule has 0 aromatic heterocycles. The van der Waals surface area contributed by atoms with Gasteiger partial charge in [-0.1, -0.05) is 11.6 Å². The van der Waals surface area contributed by atoms with Gasteiger partial charge in [-0.25, -0.2) is 4.39 Å². The third kappa shape index (κ3) is 2.02. The number of rotatable bonds is 1. The lowest BCUT2D eigenvalue weighted by atomic mass is 9.80. The Kier molecular flexibility index (Phi) is 2.65. The van der Waals surface area contributed by atoms with Gasteiger partial charge in [-0.05, 0) is 6.07 Å². The minimum absolute atomic E-state index is 0.242. The molecule has 1 aromatic rings. The second-order valence-electron chi connectivity index (χ2n) is 3.45. The molecule has 1 aliphatic heterocycles. The maximum atomic E-state index is 13.3. The number of carboxylic acid groups (broad SMARTS) is 1. The molecule has 2 N–H and O–H groups in total. The first-order chi connectivity index (χ1) is 7.82. The van der Waals surface area contributed by atoms with Gasteiger partial charge >= 0.3 is 6.75 Å². The van der Waals surface area contributed by atoms with E-state index < -0.39 is 36.4 Å². The molecule has 0 saturated carbocycles. The molecule has 0 radical (unpaired) electrons. The molecule has 6 nitrogen and oxygen atoms in total. The monoisotopic (exact) mass is 262 g/mol. The van der Waals surface area contributed by atoms with Crippen molar-refractivity contribution in [1.82, 2.24) is 0 Å². The second-order valence-corrected chi connectivity index (χ2v) is 3.86. The van der Waals surface area contributed by atoms with Gasteiger partial charge in [0.1, 0.15) is 11.6 Å². The molecule has 17 heavy (non-hydrogen) atoms. The van der Waals surface area contributed by atoms with E-state index in [0.717, 1.165) is 0 Å². The van der Waals surface area contributed by atoms with E-state index in [2.05, 4.69) is 4.65 Å². The molecule has 9 heteroatoms. The van der Waals surface area contributed by atoms with Crippen LogP contribution in [0.1, 0.15) is 10.4 Å². The van der Waals surface area contributed by atoms with Crippen LogP contribution in [-0.2, 0) is 0 Å². The highest BCUT2D eigenvalue weighted by molar-refractivity contribution is 6.59. The molecule has 0 aliphatic carbocycles. The number of carbonyl (C=O) groups excluding carboxylic acids is 1. The standard InChI is InChI=1S/C8H6BClFO6/c10-3-1-4(11)5(8(12)13)7-6(3)16-2-9(14,15)17-7/h1,14-15H,2H2,(H,12,13)/q-1/p-1. The van der Waals surface area contributed by atoms with Gasteiger partial charge in [0, 0.05) is 0 Å². The van der Waals surface area contributed by atoms with Crippen LogP contribution < -0.4 is 14.5 Å². The normalized spacial score (nSPS) is 16.7. The first-order valence-corrected chi connectivity index (χ1v) is 4.85. The van der Waals surface area contributed by atoms with E-state index in [0.29, 0.717) is 6.07 Å². The Bertz CT molecular complexity index is 505. The number of carbonyl (C=O) groups is 1. The molecule has 0 bridgehead atoms. The minimum Gasteiger partial charge on any atom is -0.665 e. The molecule has 0 unspecified atom stereocenters. The Morgan fingerprint density at radius 1 is 1.53 bits per heavy atom. The van der Waals surface area contributed by atoms with Gasteiger partial charge in [-0.2, -0.15) is 0 Å². The van der Waals surface area contributed by atoms with Crippen molar-refractivity contribution in [1.29, 1.82) is 0 Å². The fraction of sp³-hybridized carbons (Fsp3) is 0.125. The fourth-order valence-corrected chi connectivity index (χ4v) is 1.67. The first kappa shape index (κ1) is 12.0. The van der Waals surface area contributed by atoms with E-state index in [4.69, 9.17) is 16.3 Å². The van der Waals surface area contributed by atoms with Gasteiger partial charge in [0.05, 0.1) is 23.1 Å². The highest BCUT2D eigenvalue weighted by atomic mass is 35.5. The van der Waals surface area contributed by atoms with Crippen molar-refractivity contribution in [3.63, 3.8) is 0 Å². The highest BCUT2D eigenvalue weighted by Gasteiger charge is 2.34. The third-order valence-electron chi connectivity index (χ3n) is 2.10. The Balaban J connectivity index is 2.67. The lowest BCUT2D eigenvalue weighted by Crippen LogP contribution is -2.52. The summed E-state index contributed by atoms with van der Waals surface area (Å²) in [4.78, 5) is 10.7. The predicted octanol–water partition coefficient (Wildman–Crippen LogP) is -0.923. The highest BCUT2D eigenvalue weighted by Crippen LogP contribution is 2.42. The van der Waals surface area contributed by atoms with Crippen molar-refractivity contribution in [2.45, 2.75) is 0 Å². The van der Waals surface area contributed by atoms with E-state index >= 15 is 0 Å². The maximum Gasteiger partial charge on any atom is 0.467 e. The Morgan fingerprint density at radius 2 is 2.18 bits per heavy atom.